The summed E-state index contributed by atoms with van der Waals surface area (Å²) < 4.78 is 7.65. The number of nitrogens with two attached hydrogens (primary N) is 1. The molecule has 1 fully saturated rings. The third-order valence-electron chi connectivity index (χ3n) is 6.05. The molecule has 0 radical (unpaired) electrons. The number of hydrogen-bond acceptors (Lipinski definition) is 4. The van der Waals surface area contributed by atoms with Crippen molar-refractivity contribution in [1.29, 1.82) is 0 Å². The fourth-order valence-corrected chi connectivity index (χ4v) is 4.28. The zero-order valence-corrected chi connectivity index (χ0v) is 17.9. The quantitative estimate of drug-likeness (QED) is 0.523. The summed E-state index contributed by atoms with van der Waals surface area (Å²) >= 11 is 0. The van der Waals surface area contributed by atoms with E-state index in [0.717, 1.165) is 55.1 Å². The van der Waals surface area contributed by atoms with Gasteiger partial charge in [-0.15, -0.1) is 0 Å². The maximum Gasteiger partial charge on any atom is 0.100 e. The van der Waals surface area contributed by atoms with Gasteiger partial charge in [-0.1, -0.05) is 42.5 Å². The molecule has 1 aliphatic heterocycles. The topological polar surface area (TPSA) is 56.3 Å². The van der Waals surface area contributed by atoms with Crippen molar-refractivity contribution in [2.45, 2.75) is 19.5 Å². The Balaban J connectivity index is 1.50. The van der Waals surface area contributed by atoms with E-state index in [9.17, 15) is 0 Å². The number of ether oxygens (including phenoxy) is 1. The lowest BCUT2D eigenvalue weighted by Crippen LogP contribution is -2.35. The Labute approximate surface area is 183 Å². The number of rotatable bonds is 5. The molecule has 0 aliphatic carbocycles. The smallest absolute Gasteiger partial charge is 0.100 e. The van der Waals surface area contributed by atoms with Gasteiger partial charge in [0.1, 0.15) is 6.33 Å². The number of fused-ring (bicyclic) bond motifs is 1. The molecule has 5 rings (SSSR count). The second kappa shape index (κ2) is 8.63. The molecule has 0 spiro atoms. The number of aromatic nitrogens is 2. The largest absolute Gasteiger partial charge is 0.379 e. The van der Waals surface area contributed by atoms with Crippen LogP contribution in [0.2, 0.25) is 0 Å². The van der Waals surface area contributed by atoms with Crippen LogP contribution in [-0.2, 0) is 11.3 Å². The third kappa shape index (κ3) is 4.12. The number of nitrogens with zero attached hydrogens (tertiary/aromatic N) is 3. The second-order valence-corrected chi connectivity index (χ2v) is 8.25. The van der Waals surface area contributed by atoms with E-state index < -0.39 is 0 Å². The standard InChI is InChI=1S/C26H28N4O/c1-19(27)20-9-10-26-25(16-20)28-18-30(26)23-7-4-6-21(15-23)24-8-3-2-5-22(24)17-29-11-13-31-14-12-29/h2-10,15-16,18-19H,11-14,17,27H2,1H3/t19-/m1/s1. The number of morpholine rings is 1. The molecular formula is C26H28N4O. The first kappa shape index (κ1) is 19.9. The Morgan fingerprint density at radius 1 is 1.00 bits per heavy atom. The van der Waals surface area contributed by atoms with Crippen molar-refractivity contribution < 1.29 is 4.74 Å². The van der Waals surface area contributed by atoms with Crippen LogP contribution in [0.4, 0.5) is 0 Å². The first-order valence-corrected chi connectivity index (χ1v) is 10.9. The van der Waals surface area contributed by atoms with Gasteiger partial charge in [-0.25, -0.2) is 4.98 Å². The van der Waals surface area contributed by atoms with Crippen LogP contribution in [0.1, 0.15) is 24.1 Å². The van der Waals surface area contributed by atoms with Gasteiger partial charge in [0.25, 0.3) is 0 Å². The van der Waals surface area contributed by atoms with Crippen molar-refractivity contribution in [2.24, 2.45) is 5.73 Å². The average molecular weight is 413 g/mol. The van der Waals surface area contributed by atoms with E-state index in [1.165, 1.54) is 16.7 Å². The van der Waals surface area contributed by atoms with E-state index in [1.54, 1.807) is 0 Å². The Bertz CT molecular complexity index is 1190. The highest BCUT2D eigenvalue weighted by molar-refractivity contribution is 5.79. The maximum atomic E-state index is 6.04. The molecular weight excluding hydrogens is 384 g/mol. The highest BCUT2D eigenvalue weighted by Crippen LogP contribution is 2.28. The van der Waals surface area contributed by atoms with Gasteiger partial charge in [-0.2, -0.15) is 0 Å². The van der Waals surface area contributed by atoms with E-state index in [2.05, 4.69) is 81.2 Å². The van der Waals surface area contributed by atoms with Gasteiger partial charge in [-0.05, 0) is 53.4 Å². The molecule has 5 heteroatoms. The van der Waals surface area contributed by atoms with Crippen molar-refractivity contribution >= 4 is 11.0 Å². The molecule has 0 amide bonds. The summed E-state index contributed by atoms with van der Waals surface area (Å²) in [6, 6.07) is 23.7. The van der Waals surface area contributed by atoms with Gasteiger partial charge in [0.05, 0.1) is 24.2 Å². The molecule has 1 aliphatic rings. The molecule has 1 aromatic heterocycles. The predicted molar refractivity (Wildman–Crippen MR) is 125 cm³/mol. The molecule has 0 saturated carbocycles. The SMILES string of the molecule is C[C@@H](N)c1ccc2c(c1)ncn2-c1cccc(-c2ccccc2CN2CCOCC2)c1. The van der Waals surface area contributed by atoms with Crippen LogP contribution in [0, 0.1) is 0 Å². The molecule has 2 heterocycles. The molecule has 2 N–H and O–H groups in total. The summed E-state index contributed by atoms with van der Waals surface area (Å²) in [4.78, 5) is 7.09. The Morgan fingerprint density at radius 2 is 1.84 bits per heavy atom. The number of imidazole rings is 1. The van der Waals surface area contributed by atoms with Crippen molar-refractivity contribution in [2.75, 3.05) is 26.3 Å². The van der Waals surface area contributed by atoms with Crippen molar-refractivity contribution in [3.63, 3.8) is 0 Å². The summed E-state index contributed by atoms with van der Waals surface area (Å²) in [6.07, 6.45) is 1.90. The fraction of sp³-hybridized carbons (Fsp3) is 0.269. The van der Waals surface area contributed by atoms with Crippen LogP contribution in [0.15, 0.2) is 73.1 Å². The summed E-state index contributed by atoms with van der Waals surface area (Å²) in [7, 11) is 0. The minimum absolute atomic E-state index is 0.000783. The number of hydrogen-bond donors (Lipinski definition) is 1. The van der Waals surface area contributed by atoms with Crippen LogP contribution in [0.3, 0.4) is 0 Å². The van der Waals surface area contributed by atoms with E-state index >= 15 is 0 Å². The van der Waals surface area contributed by atoms with Gasteiger partial charge in [0, 0.05) is 31.4 Å². The van der Waals surface area contributed by atoms with E-state index in [1.807, 2.05) is 13.3 Å². The first-order valence-electron chi connectivity index (χ1n) is 10.9. The van der Waals surface area contributed by atoms with Crippen LogP contribution < -0.4 is 5.73 Å². The summed E-state index contributed by atoms with van der Waals surface area (Å²) in [5, 5.41) is 0. The van der Waals surface area contributed by atoms with Crippen LogP contribution in [0.5, 0.6) is 0 Å². The van der Waals surface area contributed by atoms with Gasteiger partial charge in [0.15, 0.2) is 0 Å². The van der Waals surface area contributed by atoms with E-state index in [4.69, 9.17) is 10.5 Å². The molecule has 3 aromatic carbocycles. The molecule has 0 bridgehead atoms. The van der Waals surface area contributed by atoms with Crippen LogP contribution in [0.25, 0.3) is 27.8 Å². The Hall–Kier alpha value is -2.99. The average Bonchev–Trinajstić information content (AvgIpc) is 3.23. The fourth-order valence-electron chi connectivity index (χ4n) is 4.28. The monoisotopic (exact) mass is 412 g/mol. The van der Waals surface area contributed by atoms with Crippen molar-refractivity contribution in [3.8, 4) is 16.8 Å². The molecule has 1 saturated heterocycles. The lowest BCUT2D eigenvalue weighted by molar-refractivity contribution is 0.0342. The third-order valence-corrected chi connectivity index (χ3v) is 6.05. The molecule has 0 unspecified atom stereocenters. The normalized spacial score (nSPS) is 15.9. The maximum absolute atomic E-state index is 6.04. The summed E-state index contributed by atoms with van der Waals surface area (Å²) in [5.41, 5.74) is 14.1. The minimum Gasteiger partial charge on any atom is -0.379 e. The lowest BCUT2D eigenvalue weighted by atomic mass is 9.98. The Kier molecular flexibility index (Phi) is 5.55. The van der Waals surface area contributed by atoms with Crippen LogP contribution >= 0.6 is 0 Å². The molecule has 5 nitrogen and oxygen atoms in total. The van der Waals surface area contributed by atoms with Gasteiger partial charge in [-0.3, -0.25) is 9.47 Å². The van der Waals surface area contributed by atoms with Gasteiger partial charge >= 0.3 is 0 Å². The second-order valence-electron chi connectivity index (χ2n) is 8.25. The van der Waals surface area contributed by atoms with Crippen molar-refractivity contribution in [1.82, 2.24) is 14.5 Å². The van der Waals surface area contributed by atoms with Gasteiger partial charge in [0.2, 0.25) is 0 Å². The predicted octanol–water partition coefficient (Wildman–Crippen LogP) is 4.54. The van der Waals surface area contributed by atoms with E-state index in [-0.39, 0.29) is 6.04 Å². The first-order chi connectivity index (χ1) is 15.2. The summed E-state index contributed by atoms with van der Waals surface area (Å²) in [5.74, 6) is 0. The lowest BCUT2D eigenvalue weighted by Gasteiger charge is -2.27. The number of benzene rings is 3. The molecule has 4 aromatic rings. The van der Waals surface area contributed by atoms with E-state index in [0.29, 0.717) is 0 Å². The molecule has 1 atom stereocenters. The minimum atomic E-state index is 0.000783. The van der Waals surface area contributed by atoms with Gasteiger partial charge < -0.3 is 10.5 Å². The Morgan fingerprint density at radius 3 is 2.68 bits per heavy atom. The summed E-state index contributed by atoms with van der Waals surface area (Å²) in [6.45, 7) is 6.54. The zero-order valence-electron chi connectivity index (χ0n) is 17.9. The van der Waals surface area contributed by atoms with Crippen LogP contribution in [-0.4, -0.2) is 40.8 Å². The highest BCUT2D eigenvalue weighted by atomic mass is 16.5. The zero-order chi connectivity index (χ0) is 21.2. The molecule has 158 valence electrons. The van der Waals surface area contributed by atoms with Crippen molar-refractivity contribution in [3.05, 3.63) is 84.2 Å². The molecule has 31 heavy (non-hydrogen) atoms. The highest BCUT2D eigenvalue weighted by Gasteiger charge is 2.14.